The SMILES string of the molecule is Cc1cccc(OCC(=O)NCC(=O)N/N=C/c2ccc([N+](=O)[O-])s2)c1. The molecular formula is C16H16N4O5S. The van der Waals surface area contributed by atoms with Crippen LogP contribution in [-0.4, -0.2) is 36.1 Å². The zero-order valence-corrected chi connectivity index (χ0v) is 14.6. The zero-order valence-electron chi connectivity index (χ0n) is 13.8. The monoisotopic (exact) mass is 376 g/mol. The lowest BCUT2D eigenvalue weighted by atomic mass is 10.2. The Balaban J connectivity index is 1.68. The fraction of sp³-hybridized carbons (Fsp3) is 0.188. The molecule has 0 saturated heterocycles. The Morgan fingerprint density at radius 2 is 2.12 bits per heavy atom. The molecule has 2 rings (SSSR count). The fourth-order valence-corrected chi connectivity index (χ4v) is 2.49. The number of benzene rings is 1. The lowest BCUT2D eigenvalue weighted by Crippen LogP contribution is -2.37. The lowest BCUT2D eigenvalue weighted by molar-refractivity contribution is -0.380. The number of ether oxygens (including phenoxy) is 1. The van der Waals surface area contributed by atoms with E-state index in [1.807, 2.05) is 19.1 Å². The highest BCUT2D eigenvalue weighted by Gasteiger charge is 2.08. The zero-order chi connectivity index (χ0) is 18.9. The van der Waals surface area contributed by atoms with Gasteiger partial charge < -0.3 is 10.1 Å². The third-order valence-electron chi connectivity index (χ3n) is 2.98. The number of thiophene rings is 1. The predicted octanol–water partition coefficient (Wildman–Crippen LogP) is 1.61. The highest BCUT2D eigenvalue weighted by Crippen LogP contribution is 2.22. The van der Waals surface area contributed by atoms with Crippen molar-refractivity contribution in [3.05, 3.63) is 57.0 Å². The van der Waals surface area contributed by atoms with Crippen molar-refractivity contribution in [2.24, 2.45) is 5.10 Å². The van der Waals surface area contributed by atoms with Crippen molar-refractivity contribution in [2.75, 3.05) is 13.2 Å². The van der Waals surface area contributed by atoms with Gasteiger partial charge in [0.05, 0.1) is 22.6 Å². The largest absolute Gasteiger partial charge is 0.484 e. The number of aryl methyl sites for hydroxylation is 1. The van der Waals surface area contributed by atoms with E-state index in [0.29, 0.717) is 10.6 Å². The van der Waals surface area contributed by atoms with Crippen molar-refractivity contribution in [3.63, 3.8) is 0 Å². The molecule has 0 saturated carbocycles. The molecule has 136 valence electrons. The van der Waals surface area contributed by atoms with Gasteiger partial charge in [-0.1, -0.05) is 23.5 Å². The summed E-state index contributed by atoms with van der Waals surface area (Å²) in [6.45, 7) is 1.43. The van der Waals surface area contributed by atoms with E-state index in [1.54, 1.807) is 12.1 Å². The molecule has 0 spiro atoms. The molecule has 9 nitrogen and oxygen atoms in total. The van der Waals surface area contributed by atoms with Crippen LogP contribution in [0, 0.1) is 17.0 Å². The number of hydrogen-bond acceptors (Lipinski definition) is 7. The highest BCUT2D eigenvalue weighted by molar-refractivity contribution is 7.16. The van der Waals surface area contributed by atoms with Crippen LogP contribution in [0.1, 0.15) is 10.4 Å². The minimum atomic E-state index is -0.531. The molecule has 0 aliphatic carbocycles. The molecule has 0 bridgehead atoms. The fourth-order valence-electron chi connectivity index (χ4n) is 1.80. The molecule has 2 aromatic rings. The van der Waals surface area contributed by atoms with Gasteiger partial charge in [-0.3, -0.25) is 19.7 Å². The Morgan fingerprint density at radius 1 is 1.31 bits per heavy atom. The van der Waals surface area contributed by atoms with E-state index in [1.165, 1.54) is 18.3 Å². The second-order valence-electron chi connectivity index (χ2n) is 5.11. The third-order valence-corrected chi connectivity index (χ3v) is 3.95. The first kappa shape index (κ1) is 19.1. The van der Waals surface area contributed by atoms with Crippen LogP contribution in [0.2, 0.25) is 0 Å². The van der Waals surface area contributed by atoms with E-state index in [2.05, 4.69) is 15.8 Å². The van der Waals surface area contributed by atoms with Gasteiger partial charge in [0.25, 0.3) is 11.8 Å². The van der Waals surface area contributed by atoms with Gasteiger partial charge in [-0.15, -0.1) is 0 Å². The molecule has 0 aliphatic heterocycles. The number of nitro groups is 1. The van der Waals surface area contributed by atoms with E-state index in [-0.39, 0.29) is 18.2 Å². The normalized spacial score (nSPS) is 10.5. The summed E-state index contributed by atoms with van der Waals surface area (Å²) in [6, 6.07) is 10.1. The first-order chi connectivity index (χ1) is 12.4. The second kappa shape index (κ2) is 9.28. The molecular weight excluding hydrogens is 360 g/mol. The van der Waals surface area contributed by atoms with Gasteiger partial charge in [-0.2, -0.15) is 5.10 Å². The molecule has 0 unspecified atom stereocenters. The van der Waals surface area contributed by atoms with Crippen LogP contribution in [-0.2, 0) is 9.59 Å². The summed E-state index contributed by atoms with van der Waals surface area (Å²) >= 11 is 0.930. The maximum absolute atomic E-state index is 11.7. The van der Waals surface area contributed by atoms with Gasteiger partial charge in [0, 0.05) is 6.07 Å². The highest BCUT2D eigenvalue weighted by atomic mass is 32.1. The average molecular weight is 376 g/mol. The molecule has 1 aromatic carbocycles. The maximum atomic E-state index is 11.7. The second-order valence-corrected chi connectivity index (χ2v) is 6.20. The van der Waals surface area contributed by atoms with Gasteiger partial charge in [-0.25, -0.2) is 5.43 Å². The Hall–Kier alpha value is -3.27. The van der Waals surface area contributed by atoms with Gasteiger partial charge in [0.1, 0.15) is 5.75 Å². The Labute approximate surface area is 152 Å². The van der Waals surface area contributed by atoms with E-state index >= 15 is 0 Å². The van der Waals surface area contributed by atoms with Gasteiger partial charge >= 0.3 is 5.00 Å². The van der Waals surface area contributed by atoms with Crippen LogP contribution in [0.5, 0.6) is 5.75 Å². The molecule has 0 atom stereocenters. The summed E-state index contributed by atoms with van der Waals surface area (Å²) in [5.41, 5.74) is 3.23. The standard InChI is InChI=1S/C16H16N4O5S/c1-11-3-2-4-12(7-11)25-10-15(22)17-9-14(21)19-18-8-13-5-6-16(26-13)20(23)24/h2-8H,9-10H2,1H3,(H,17,22)(H,19,21)/b18-8+. The smallest absolute Gasteiger partial charge is 0.324 e. The Kier molecular flexibility index (Phi) is 6.80. The number of carbonyl (C=O) groups excluding carboxylic acids is 2. The molecule has 0 radical (unpaired) electrons. The van der Waals surface area contributed by atoms with E-state index in [9.17, 15) is 19.7 Å². The number of amides is 2. The van der Waals surface area contributed by atoms with Crippen LogP contribution in [0.3, 0.4) is 0 Å². The summed E-state index contributed by atoms with van der Waals surface area (Å²) in [6.07, 6.45) is 1.29. The maximum Gasteiger partial charge on any atom is 0.324 e. The number of nitrogens with zero attached hydrogens (tertiary/aromatic N) is 2. The van der Waals surface area contributed by atoms with Gasteiger partial charge in [0.15, 0.2) is 6.61 Å². The van der Waals surface area contributed by atoms with Crippen molar-refractivity contribution >= 4 is 34.4 Å². The van der Waals surface area contributed by atoms with Crippen LogP contribution in [0.4, 0.5) is 5.00 Å². The summed E-state index contributed by atoms with van der Waals surface area (Å²) < 4.78 is 5.31. The van der Waals surface area contributed by atoms with Crippen LogP contribution in [0.25, 0.3) is 0 Å². The minimum Gasteiger partial charge on any atom is -0.484 e. The average Bonchev–Trinajstić information content (AvgIpc) is 3.07. The predicted molar refractivity (Wildman–Crippen MR) is 96.4 cm³/mol. The number of carbonyl (C=O) groups is 2. The molecule has 26 heavy (non-hydrogen) atoms. The summed E-state index contributed by atoms with van der Waals surface area (Å²) in [5, 5.41) is 16.6. The molecule has 1 aromatic heterocycles. The van der Waals surface area contributed by atoms with Crippen molar-refractivity contribution in [1.29, 1.82) is 0 Å². The number of hydrazone groups is 1. The van der Waals surface area contributed by atoms with Gasteiger partial charge in [-0.05, 0) is 30.7 Å². The lowest BCUT2D eigenvalue weighted by Gasteiger charge is -2.07. The van der Waals surface area contributed by atoms with Crippen LogP contribution < -0.4 is 15.5 Å². The number of nitrogens with one attached hydrogen (secondary N) is 2. The van der Waals surface area contributed by atoms with Crippen molar-refractivity contribution in [3.8, 4) is 5.75 Å². The van der Waals surface area contributed by atoms with Crippen LogP contribution in [0.15, 0.2) is 41.5 Å². The first-order valence-electron chi connectivity index (χ1n) is 7.46. The molecule has 10 heteroatoms. The van der Waals surface area contributed by atoms with Crippen molar-refractivity contribution in [2.45, 2.75) is 6.92 Å². The Bertz CT molecular complexity index is 834. The summed E-state index contributed by atoms with van der Waals surface area (Å²) in [4.78, 5) is 33.8. The first-order valence-corrected chi connectivity index (χ1v) is 8.28. The van der Waals surface area contributed by atoms with E-state index in [0.717, 1.165) is 16.9 Å². The van der Waals surface area contributed by atoms with Crippen LogP contribution >= 0.6 is 11.3 Å². The van der Waals surface area contributed by atoms with E-state index < -0.39 is 16.7 Å². The Morgan fingerprint density at radius 3 is 2.81 bits per heavy atom. The molecule has 2 N–H and O–H groups in total. The molecule has 2 amide bonds. The molecule has 0 fully saturated rings. The summed E-state index contributed by atoms with van der Waals surface area (Å²) in [7, 11) is 0. The van der Waals surface area contributed by atoms with Crippen molar-refractivity contribution < 1.29 is 19.2 Å². The van der Waals surface area contributed by atoms with Gasteiger partial charge in [0.2, 0.25) is 0 Å². The quantitative estimate of drug-likeness (QED) is 0.412. The molecule has 1 heterocycles. The third kappa shape index (κ3) is 6.32. The van der Waals surface area contributed by atoms with Crippen molar-refractivity contribution in [1.82, 2.24) is 10.7 Å². The number of rotatable bonds is 8. The number of hydrogen-bond donors (Lipinski definition) is 2. The summed E-state index contributed by atoms with van der Waals surface area (Å²) in [5.74, 6) is -0.407. The van der Waals surface area contributed by atoms with E-state index in [4.69, 9.17) is 4.74 Å². The molecule has 0 aliphatic rings. The topological polar surface area (TPSA) is 123 Å². The minimum absolute atomic E-state index is 0.0151.